The van der Waals surface area contributed by atoms with Crippen LogP contribution in [0.15, 0.2) is 65.4 Å². The van der Waals surface area contributed by atoms with Crippen LogP contribution < -0.4 is 10.6 Å². The summed E-state index contributed by atoms with van der Waals surface area (Å²) in [6.45, 7) is 11.8. The van der Waals surface area contributed by atoms with E-state index in [0.29, 0.717) is 11.4 Å². The van der Waals surface area contributed by atoms with Crippen molar-refractivity contribution in [2.75, 3.05) is 6.54 Å². The lowest BCUT2D eigenvalue weighted by Crippen LogP contribution is -2.48. The second-order valence-electron chi connectivity index (χ2n) is 11.6. The molecule has 2 aromatic carbocycles. The van der Waals surface area contributed by atoms with Crippen LogP contribution in [0.25, 0.3) is 11.4 Å². The molecule has 0 radical (unpaired) electrons. The minimum Gasteiger partial charge on any atom is -0.460 e. The zero-order valence-corrected chi connectivity index (χ0v) is 25.5. The molecule has 1 unspecified atom stereocenters. The quantitative estimate of drug-likeness (QED) is 0.315. The minimum atomic E-state index is -0.858. The summed E-state index contributed by atoms with van der Waals surface area (Å²) in [5.74, 6) is -0.563. The van der Waals surface area contributed by atoms with Crippen LogP contribution in [0.4, 0.5) is 0 Å². The molecule has 0 spiro atoms. The Hall–Kier alpha value is -3.59. The largest absolute Gasteiger partial charge is 0.460 e. The van der Waals surface area contributed by atoms with E-state index in [1.54, 1.807) is 45.3 Å². The molecule has 8 nitrogen and oxygen atoms in total. The number of ether oxygens (including phenoxy) is 1. The van der Waals surface area contributed by atoms with E-state index in [-0.39, 0.29) is 36.6 Å². The molecule has 3 rings (SSSR count). The number of hydrogen-bond donors (Lipinski definition) is 2. The average Bonchev–Trinajstić information content (AvgIpc) is 2.87. The number of aromatic nitrogens is 2. The van der Waals surface area contributed by atoms with Gasteiger partial charge < -0.3 is 15.4 Å². The molecule has 0 saturated carbocycles. The van der Waals surface area contributed by atoms with Crippen LogP contribution in [0, 0.1) is 0 Å². The molecule has 9 heteroatoms. The van der Waals surface area contributed by atoms with Crippen molar-refractivity contribution in [2.45, 2.75) is 71.4 Å². The van der Waals surface area contributed by atoms with Crippen LogP contribution in [-0.4, -0.2) is 45.9 Å². The van der Waals surface area contributed by atoms with Gasteiger partial charge in [-0.3, -0.25) is 14.4 Å². The number of esters is 1. The Bertz CT molecular complexity index is 1310. The molecule has 212 valence electrons. The van der Waals surface area contributed by atoms with E-state index in [4.69, 9.17) is 4.74 Å². The Kier molecular flexibility index (Phi) is 10.2. The maximum absolute atomic E-state index is 13.2. The second-order valence-corrected chi connectivity index (χ2v) is 12.5. The second kappa shape index (κ2) is 13.2. The van der Waals surface area contributed by atoms with Crippen molar-refractivity contribution in [3.63, 3.8) is 0 Å². The van der Waals surface area contributed by atoms with Crippen LogP contribution in [0.1, 0.15) is 69.4 Å². The van der Waals surface area contributed by atoms with Gasteiger partial charge in [-0.25, -0.2) is 9.97 Å². The molecular weight excluding hydrogens is 572 g/mol. The molecule has 0 fully saturated rings. The first-order valence-corrected chi connectivity index (χ1v) is 14.0. The molecule has 0 aliphatic heterocycles. The van der Waals surface area contributed by atoms with Crippen molar-refractivity contribution in [3.8, 4) is 11.4 Å². The normalized spacial score (nSPS) is 12.4. The van der Waals surface area contributed by atoms with Crippen molar-refractivity contribution >= 4 is 33.7 Å². The van der Waals surface area contributed by atoms with Gasteiger partial charge in [0.05, 0.1) is 10.9 Å². The Morgan fingerprint density at radius 1 is 0.900 bits per heavy atom. The topological polar surface area (TPSA) is 110 Å². The van der Waals surface area contributed by atoms with Gasteiger partial charge in [0, 0.05) is 36.5 Å². The molecule has 3 aromatic rings. The van der Waals surface area contributed by atoms with Crippen LogP contribution in [0.2, 0.25) is 0 Å². The van der Waals surface area contributed by atoms with E-state index in [1.165, 1.54) is 0 Å². The number of carbonyl (C=O) groups excluding carboxylic acids is 3. The van der Waals surface area contributed by atoms with Gasteiger partial charge in [-0.2, -0.15) is 0 Å². The lowest BCUT2D eigenvalue weighted by molar-refractivity contribution is -0.154. The van der Waals surface area contributed by atoms with Gasteiger partial charge in [0.2, 0.25) is 5.91 Å². The van der Waals surface area contributed by atoms with Gasteiger partial charge in [0.15, 0.2) is 5.82 Å². The van der Waals surface area contributed by atoms with E-state index in [9.17, 15) is 14.4 Å². The lowest BCUT2D eigenvalue weighted by atomic mass is 9.86. The van der Waals surface area contributed by atoms with E-state index < -0.39 is 17.6 Å². The van der Waals surface area contributed by atoms with Gasteiger partial charge in [0.1, 0.15) is 11.6 Å². The van der Waals surface area contributed by atoms with Gasteiger partial charge in [-0.05, 0) is 65.4 Å². The SMILES string of the molecule is CC(C)(C)OC(=O)CCNC(=O)C(Cc1ccc(-c2ncc(Br)cn2)cc1)NC(=O)c1ccc(C(C)(C)C)cc1. The molecule has 1 aromatic heterocycles. The third-order valence-electron chi connectivity index (χ3n) is 5.96. The van der Waals surface area contributed by atoms with Gasteiger partial charge in [0.25, 0.3) is 5.91 Å². The number of hydrogen-bond acceptors (Lipinski definition) is 6. The van der Waals surface area contributed by atoms with Crippen LogP contribution in [-0.2, 0) is 26.2 Å². The predicted molar refractivity (Wildman–Crippen MR) is 159 cm³/mol. The van der Waals surface area contributed by atoms with Crippen molar-refractivity contribution in [1.82, 2.24) is 20.6 Å². The highest BCUT2D eigenvalue weighted by Gasteiger charge is 2.23. The minimum absolute atomic E-state index is 0.0276. The molecule has 1 atom stereocenters. The fourth-order valence-corrected chi connectivity index (χ4v) is 4.07. The van der Waals surface area contributed by atoms with Crippen LogP contribution in [0.5, 0.6) is 0 Å². The molecule has 0 bridgehead atoms. The predicted octanol–water partition coefficient (Wildman–Crippen LogP) is 5.39. The van der Waals surface area contributed by atoms with Crippen LogP contribution in [0.3, 0.4) is 0 Å². The Labute approximate surface area is 244 Å². The number of amides is 2. The van der Waals surface area contributed by atoms with Crippen LogP contribution >= 0.6 is 15.9 Å². The molecule has 2 N–H and O–H groups in total. The first-order valence-electron chi connectivity index (χ1n) is 13.2. The smallest absolute Gasteiger partial charge is 0.308 e. The van der Waals surface area contributed by atoms with E-state index in [2.05, 4.69) is 57.3 Å². The summed E-state index contributed by atoms with van der Waals surface area (Å²) >= 11 is 3.33. The Balaban J connectivity index is 1.73. The molecule has 2 amide bonds. The summed E-state index contributed by atoms with van der Waals surface area (Å²) in [5, 5.41) is 5.64. The number of nitrogens with one attached hydrogen (secondary N) is 2. The Morgan fingerprint density at radius 2 is 1.50 bits per heavy atom. The number of carbonyl (C=O) groups is 3. The fraction of sp³-hybridized carbons (Fsp3) is 0.387. The van der Waals surface area contributed by atoms with Gasteiger partial charge >= 0.3 is 5.97 Å². The number of rotatable bonds is 9. The highest BCUT2D eigenvalue weighted by molar-refractivity contribution is 9.10. The highest BCUT2D eigenvalue weighted by atomic mass is 79.9. The summed E-state index contributed by atoms with van der Waals surface area (Å²) in [4.78, 5) is 47.0. The third-order valence-corrected chi connectivity index (χ3v) is 6.37. The van der Waals surface area contributed by atoms with E-state index in [1.807, 2.05) is 36.4 Å². The maximum Gasteiger partial charge on any atom is 0.308 e. The molecule has 0 aliphatic rings. The molecule has 1 heterocycles. The molecule has 40 heavy (non-hydrogen) atoms. The standard InChI is InChI=1S/C31H37BrN4O4/c1-30(2,3)23-13-11-22(12-14-23)28(38)36-25(29(39)33-16-15-26(37)40-31(4,5)6)17-20-7-9-21(10-8-20)27-34-18-24(32)19-35-27/h7-14,18-19,25H,15-17H2,1-6H3,(H,33,39)(H,36,38). The monoisotopic (exact) mass is 608 g/mol. The van der Waals surface area contributed by atoms with E-state index in [0.717, 1.165) is 21.2 Å². The zero-order chi connectivity index (χ0) is 29.5. The lowest BCUT2D eigenvalue weighted by Gasteiger charge is -2.21. The van der Waals surface area contributed by atoms with Crippen molar-refractivity contribution in [1.29, 1.82) is 0 Å². The zero-order valence-electron chi connectivity index (χ0n) is 23.9. The molecular formula is C31H37BrN4O4. The molecule has 0 aliphatic carbocycles. The average molecular weight is 610 g/mol. The van der Waals surface area contributed by atoms with Crippen molar-refractivity contribution in [2.24, 2.45) is 0 Å². The molecule has 0 saturated heterocycles. The Morgan fingerprint density at radius 3 is 2.05 bits per heavy atom. The number of halogens is 1. The van der Waals surface area contributed by atoms with Crippen molar-refractivity contribution in [3.05, 3.63) is 82.1 Å². The summed E-state index contributed by atoms with van der Waals surface area (Å²) in [6, 6.07) is 14.0. The summed E-state index contributed by atoms with van der Waals surface area (Å²) in [6.07, 6.45) is 3.64. The maximum atomic E-state index is 13.2. The van der Waals surface area contributed by atoms with Gasteiger partial charge in [-0.15, -0.1) is 0 Å². The van der Waals surface area contributed by atoms with E-state index >= 15 is 0 Å². The third kappa shape index (κ3) is 9.55. The van der Waals surface area contributed by atoms with Gasteiger partial charge in [-0.1, -0.05) is 57.2 Å². The fourth-order valence-electron chi connectivity index (χ4n) is 3.86. The number of benzene rings is 2. The first-order chi connectivity index (χ1) is 18.7. The first kappa shape index (κ1) is 30.9. The van der Waals surface area contributed by atoms with Crippen molar-refractivity contribution < 1.29 is 19.1 Å². The summed E-state index contributed by atoms with van der Waals surface area (Å²) in [7, 11) is 0. The summed E-state index contributed by atoms with van der Waals surface area (Å²) < 4.78 is 6.10. The highest BCUT2D eigenvalue weighted by Crippen LogP contribution is 2.22. The number of nitrogens with zero attached hydrogens (tertiary/aromatic N) is 2. The summed E-state index contributed by atoms with van der Waals surface area (Å²) in [5.41, 5.74) is 2.60.